The Morgan fingerprint density at radius 1 is 0.895 bits per heavy atom. The van der Waals surface area contributed by atoms with Crippen LogP contribution in [-0.2, 0) is 0 Å². The van der Waals surface area contributed by atoms with Gasteiger partial charge in [-0.15, -0.1) is 0 Å². The van der Waals surface area contributed by atoms with Crippen LogP contribution < -0.4 is 0 Å². The summed E-state index contributed by atoms with van der Waals surface area (Å²) in [5.74, 6) is 0. The molecule has 19 heavy (non-hydrogen) atoms. The first kappa shape index (κ1) is 15.8. The summed E-state index contributed by atoms with van der Waals surface area (Å²) in [4.78, 5) is 0. The van der Waals surface area contributed by atoms with Crippen molar-refractivity contribution in [3.05, 3.63) is 47.0 Å². The van der Waals surface area contributed by atoms with Crippen LogP contribution >= 0.6 is 0 Å². The van der Waals surface area contributed by atoms with Gasteiger partial charge >= 0.3 is 0 Å². The van der Waals surface area contributed by atoms with Gasteiger partial charge in [-0.05, 0) is 42.5 Å². The van der Waals surface area contributed by atoms with Gasteiger partial charge in [-0.3, -0.25) is 0 Å². The van der Waals surface area contributed by atoms with E-state index < -0.39 is 0 Å². The van der Waals surface area contributed by atoms with Crippen LogP contribution in [0.15, 0.2) is 30.4 Å². The van der Waals surface area contributed by atoms with Crippen molar-refractivity contribution in [2.24, 2.45) is 0 Å². The molecule has 0 aliphatic carbocycles. The molecule has 1 rings (SSSR count). The van der Waals surface area contributed by atoms with Crippen LogP contribution in [0.25, 0.3) is 12.2 Å². The third-order valence-corrected chi connectivity index (χ3v) is 3.36. The lowest BCUT2D eigenvalue weighted by Gasteiger charge is -2.02. The highest BCUT2D eigenvalue weighted by molar-refractivity contribution is 5.60. The topological polar surface area (TPSA) is 0 Å². The Hall–Kier alpha value is -1.30. The molecule has 0 spiro atoms. The predicted molar refractivity (Wildman–Crippen MR) is 88.3 cm³/mol. The Morgan fingerprint density at radius 3 is 2.16 bits per heavy atom. The molecule has 0 aliphatic heterocycles. The highest BCUT2D eigenvalue weighted by Crippen LogP contribution is 2.15. The van der Waals surface area contributed by atoms with Crippen molar-refractivity contribution in [3.8, 4) is 0 Å². The molecule has 0 nitrogen and oxygen atoms in total. The third-order valence-electron chi connectivity index (χ3n) is 3.36. The third kappa shape index (κ3) is 6.42. The second kappa shape index (κ2) is 9.61. The fraction of sp³-hybridized carbons (Fsp3) is 0.474. The fourth-order valence-corrected chi connectivity index (χ4v) is 2.02. The summed E-state index contributed by atoms with van der Waals surface area (Å²) < 4.78 is 0. The Balaban J connectivity index is 2.65. The van der Waals surface area contributed by atoms with Gasteiger partial charge in [0.05, 0.1) is 0 Å². The number of aryl methyl sites for hydroxylation is 1. The van der Waals surface area contributed by atoms with E-state index in [9.17, 15) is 0 Å². The van der Waals surface area contributed by atoms with Crippen LogP contribution in [-0.4, -0.2) is 0 Å². The molecule has 104 valence electrons. The Labute approximate surface area is 119 Å². The van der Waals surface area contributed by atoms with Crippen LogP contribution in [0, 0.1) is 6.92 Å². The van der Waals surface area contributed by atoms with Crippen LogP contribution in [0.4, 0.5) is 0 Å². The summed E-state index contributed by atoms with van der Waals surface area (Å²) in [6.07, 6.45) is 16.6. The normalized spacial score (nSPS) is 11.7. The minimum absolute atomic E-state index is 1.19. The van der Waals surface area contributed by atoms with Gasteiger partial charge in [0.2, 0.25) is 0 Å². The molecule has 0 aromatic heterocycles. The summed E-state index contributed by atoms with van der Waals surface area (Å²) in [7, 11) is 0. The van der Waals surface area contributed by atoms with Crippen molar-refractivity contribution in [3.63, 3.8) is 0 Å². The van der Waals surface area contributed by atoms with Gasteiger partial charge in [0.1, 0.15) is 0 Å². The smallest absolute Gasteiger partial charge is 0.0225 e. The van der Waals surface area contributed by atoms with Gasteiger partial charge in [-0.1, -0.05) is 76.0 Å². The molecule has 0 saturated carbocycles. The van der Waals surface area contributed by atoms with Crippen LogP contribution in [0.5, 0.6) is 0 Å². The maximum Gasteiger partial charge on any atom is -0.0225 e. The lowest BCUT2D eigenvalue weighted by atomic mass is 10.0. The number of hydrogen-bond donors (Lipinski definition) is 0. The van der Waals surface area contributed by atoms with Crippen molar-refractivity contribution in [1.82, 2.24) is 0 Å². The van der Waals surface area contributed by atoms with E-state index in [1.54, 1.807) is 0 Å². The molecule has 0 saturated heterocycles. The molecule has 0 unspecified atom stereocenters. The average Bonchev–Trinajstić information content (AvgIpc) is 2.42. The fourth-order valence-electron chi connectivity index (χ4n) is 2.02. The Bertz CT molecular complexity index is 410. The lowest BCUT2D eigenvalue weighted by molar-refractivity contribution is 0.816. The molecular formula is C19H28. The Morgan fingerprint density at radius 2 is 1.53 bits per heavy atom. The summed E-state index contributed by atoms with van der Waals surface area (Å²) in [6.45, 7) is 6.66. The number of benzene rings is 1. The summed E-state index contributed by atoms with van der Waals surface area (Å²) >= 11 is 0. The number of rotatable bonds is 8. The molecule has 1 aromatic rings. The van der Waals surface area contributed by atoms with E-state index in [-0.39, 0.29) is 0 Å². The maximum atomic E-state index is 2.30. The largest absolute Gasteiger partial charge is 0.0839 e. The second-order valence-corrected chi connectivity index (χ2v) is 5.21. The molecular weight excluding hydrogens is 228 g/mol. The molecule has 0 heteroatoms. The first-order valence-electron chi connectivity index (χ1n) is 7.71. The number of hydrogen-bond acceptors (Lipinski definition) is 0. The summed E-state index contributed by atoms with van der Waals surface area (Å²) in [6, 6.07) is 6.72. The first-order chi connectivity index (χ1) is 9.27. The zero-order chi connectivity index (χ0) is 13.9. The van der Waals surface area contributed by atoms with Crippen molar-refractivity contribution < 1.29 is 0 Å². The Kier molecular flexibility index (Phi) is 7.97. The zero-order valence-electron chi connectivity index (χ0n) is 12.8. The highest BCUT2D eigenvalue weighted by atomic mass is 14.0. The number of allylic oxidation sites excluding steroid dienone is 2. The molecule has 0 radical (unpaired) electrons. The first-order valence-corrected chi connectivity index (χ1v) is 7.71. The molecule has 0 fully saturated rings. The van der Waals surface area contributed by atoms with Crippen LogP contribution in [0.1, 0.15) is 69.1 Å². The quantitative estimate of drug-likeness (QED) is 0.472. The lowest BCUT2D eigenvalue weighted by Crippen LogP contribution is -1.82. The van der Waals surface area contributed by atoms with E-state index in [0.717, 1.165) is 0 Å². The van der Waals surface area contributed by atoms with E-state index >= 15 is 0 Å². The molecule has 0 amide bonds. The minimum atomic E-state index is 1.19. The maximum absolute atomic E-state index is 2.30. The van der Waals surface area contributed by atoms with Gasteiger partial charge in [-0.2, -0.15) is 0 Å². The highest BCUT2D eigenvalue weighted by Gasteiger charge is 1.95. The van der Waals surface area contributed by atoms with E-state index in [0.29, 0.717) is 0 Å². The van der Waals surface area contributed by atoms with Crippen molar-refractivity contribution in [1.29, 1.82) is 0 Å². The second-order valence-electron chi connectivity index (χ2n) is 5.21. The van der Waals surface area contributed by atoms with E-state index in [1.165, 1.54) is 55.2 Å². The SMILES string of the molecule is CCCC/C=C\c1ccc(C)c(/C=C\CCCC)c1. The van der Waals surface area contributed by atoms with Crippen molar-refractivity contribution in [2.45, 2.75) is 59.3 Å². The monoisotopic (exact) mass is 256 g/mol. The van der Waals surface area contributed by atoms with Crippen LogP contribution in [0.3, 0.4) is 0 Å². The summed E-state index contributed by atoms with van der Waals surface area (Å²) in [5, 5.41) is 0. The van der Waals surface area contributed by atoms with Crippen LogP contribution in [0.2, 0.25) is 0 Å². The molecule has 0 bridgehead atoms. The number of unbranched alkanes of at least 4 members (excludes halogenated alkanes) is 4. The molecule has 0 atom stereocenters. The van der Waals surface area contributed by atoms with E-state index in [2.05, 4.69) is 63.3 Å². The molecule has 0 aliphatic rings. The molecule has 0 heterocycles. The van der Waals surface area contributed by atoms with Gasteiger partial charge in [0, 0.05) is 0 Å². The van der Waals surface area contributed by atoms with Crippen molar-refractivity contribution in [2.75, 3.05) is 0 Å². The van der Waals surface area contributed by atoms with E-state index in [1.807, 2.05) is 0 Å². The zero-order valence-corrected chi connectivity index (χ0v) is 12.8. The van der Waals surface area contributed by atoms with E-state index in [4.69, 9.17) is 0 Å². The predicted octanol–water partition coefficient (Wildman–Crippen LogP) is 6.40. The summed E-state index contributed by atoms with van der Waals surface area (Å²) in [5.41, 5.74) is 4.03. The van der Waals surface area contributed by atoms with Gasteiger partial charge in [0.25, 0.3) is 0 Å². The molecule has 1 aromatic carbocycles. The van der Waals surface area contributed by atoms with Gasteiger partial charge < -0.3 is 0 Å². The van der Waals surface area contributed by atoms with Gasteiger partial charge in [-0.25, -0.2) is 0 Å². The standard InChI is InChI=1S/C19H28/c1-4-6-8-10-12-18-15-14-17(3)19(16-18)13-11-9-7-5-2/h10-16H,4-9H2,1-3H3/b12-10-,13-11-. The molecule has 0 N–H and O–H groups in total. The minimum Gasteiger partial charge on any atom is -0.0839 e. The van der Waals surface area contributed by atoms with Crippen molar-refractivity contribution >= 4 is 12.2 Å². The average molecular weight is 256 g/mol. The van der Waals surface area contributed by atoms with Gasteiger partial charge in [0.15, 0.2) is 0 Å².